The number of phenols is 1. The van der Waals surface area contributed by atoms with Crippen LogP contribution in [0.15, 0.2) is 152 Å². The van der Waals surface area contributed by atoms with Crippen molar-refractivity contribution in [3.63, 3.8) is 0 Å². The van der Waals surface area contributed by atoms with Crippen LogP contribution in [0.2, 0.25) is 0 Å². The molecule has 2 fully saturated rings. The van der Waals surface area contributed by atoms with Gasteiger partial charge in [0.05, 0.1) is 0 Å². The first-order valence-corrected chi connectivity index (χ1v) is 19.3. The molecule has 2 aliphatic rings. The number of carbonyl (C=O) groups is 2. The molecular weight excluding hydrogens is 733 g/mol. The number of rotatable bonds is 10. The van der Waals surface area contributed by atoms with Crippen molar-refractivity contribution >= 4 is 46.3 Å². The number of carbonyl (C=O) groups excluding carboxylic acids is 2. The predicted octanol–water partition coefficient (Wildman–Crippen LogP) is 9.06. The third-order valence-corrected chi connectivity index (χ3v) is 10.2. The maximum Gasteiger partial charge on any atom is 0.417 e. The highest BCUT2D eigenvalue weighted by molar-refractivity contribution is 5.87. The van der Waals surface area contributed by atoms with E-state index in [-0.39, 0.29) is 5.75 Å². The van der Waals surface area contributed by atoms with E-state index in [0.717, 1.165) is 75.1 Å². The molecule has 0 aromatic heterocycles. The molecule has 6 aromatic carbocycles. The summed E-state index contributed by atoms with van der Waals surface area (Å²) in [6.07, 6.45) is -1.06. The molecule has 0 radical (unpaired) electrons. The summed E-state index contributed by atoms with van der Waals surface area (Å²) in [7, 11) is 0. The zero-order valence-electron chi connectivity index (χ0n) is 31.9. The van der Waals surface area contributed by atoms with Crippen molar-refractivity contribution in [2.75, 3.05) is 82.6 Å². The smallest absolute Gasteiger partial charge is 0.417 e. The molecule has 294 valence electrons. The number of hydrogen-bond acceptors (Lipinski definition) is 10. The Balaban J connectivity index is 0.791. The molecule has 0 bridgehead atoms. The fourth-order valence-corrected chi connectivity index (χ4v) is 7.07. The first-order valence-electron chi connectivity index (χ1n) is 19.3. The highest BCUT2D eigenvalue weighted by Crippen LogP contribution is 2.36. The van der Waals surface area contributed by atoms with E-state index in [1.807, 2.05) is 109 Å². The van der Waals surface area contributed by atoms with Gasteiger partial charge in [0.15, 0.2) is 11.5 Å². The Bertz CT molecular complexity index is 2280. The van der Waals surface area contributed by atoms with Gasteiger partial charge in [0, 0.05) is 92.5 Å². The van der Waals surface area contributed by atoms with Crippen molar-refractivity contribution in [1.82, 2.24) is 0 Å². The molecule has 2 heterocycles. The van der Waals surface area contributed by atoms with E-state index in [1.165, 1.54) is 0 Å². The fourth-order valence-electron chi connectivity index (χ4n) is 7.07. The SMILES string of the molecule is O=C(Nc1ccc(N2CCN(c3ccc(Oc4cc(N5CCN(c6ccc(NC(=O)Oc7ccccc7)cc6)CC5)ccc4O)cc3)CC2)cc1)Oc1ccccc1. The topological polar surface area (TPSA) is 119 Å². The minimum atomic E-state index is -0.534. The second-order valence-corrected chi connectivity index (χ2v) is 13.9. The summed E-state index contributed by atoms with van der Waals surface area (Å²) in [6.45, 7) is 6.63. The molecular formula is C46H44N6O6. The van der Waals surface area contributed by atoms with Crippen molar-refractivity contribution in [3.05, 3.63) is 152 Å². The number of piperazine rings is 2. The van der Waals surface area contributed by atoms with Gasteiger partial charge in [-0.15, -0.1) is 0 Å². The van der Waals surface area contributed by atoms with Gasteiger partial charge in [-0.2, -0.15) is 0 Å². The van der Waals surface area contributed by atoms with Gasteiger partial charge >= 0.3 is 12.2 Å². The largest absolute Gasteiger partial charge is 0.504 e. The van der Waals surface area contributed by atoms with Gasteiger partial charge < -0.3 is 38.9 Å². The van der Waals surface area contributed by atoms with Crippen LogP contribution in [0.3, 0.4) is 0 Å². The van der Waals surface area contributed by atoms with E-state index < -0.39 is 12.2 Å². The molecule has 12 heteroatoms. The van der Waals surface area contributed by atoms with E-state index in [2.05, 4.69) is 42.4 Å². The number of nitrogens with zero attached hydrogens (tertiary/aromatic N) is 4. The van der Waals surface area contributed by atoms with E-state index in [0.29, 0.717) is 34.4 Å². The average molecular weight is 777 g/mol. The van der Waals surface area contributed by atoms with E-state index >= 15 is 0 Å². The lowest BCUT2D eigenvalue weighted by molar-refractivity contribution is 0.214. The van der Waals surface area contributed by atoms with Crippen LogP contribution in [0.4, 0.5) is 43.7 Å². The van der Waals surface area contributed by atoms with Crippen molar-refractivity contribution < 1.29 is 28.9 Å². The molecule has 2 saturated heterocycles. The predicted molar refractivity (Wildman–Crippen MR) is 229 cm³/mol. The van der Waals surface area contributed by atoms with Crippen LogP contribution >= 0.6 is 0 Å². The van der Waals surface area contributed by atoms with E-state index in [4.69, 9.17) is 14.2 Å². The van der Waals surface area contributed by atoms with E-state index in [1.54, 1.807) is 30.3 Å². The molecule has 2 aliphatic heterocycles. The van der Waals surface area contributed by atoms with Gasteiger partial charge in [-0.1, -0.05) is 36.4 Å². The van der Waals surface area contributed by atoms with Gasteiger partial charge in [0.1, 0.15) is 17.2 Å². The molecule has 8 rings (SSSR count). The van der Waals surface area contributed by atoms with E-state index in [9.17, 15) is 14.7 Å². The van der Waals surface area contributed by atoms with Crippen molar-refractivity contribution in [2.45, 2.75) is 0 Å². The molecule has 0 unspecified atom stereocenters. The fraction of sp³-hybridized carbons (Fsp3) is 0.174. The minimum Gasteiger partial charge on any atom is -0.504 e. The van der Waals surface area contributed by atoms with Crippen LogP contribution in [0.1, 0.15) is 0 Å². The second kappa shape index (κ2) is 17.6. The van der Waals surface area contributed by atoms with Gasteiger partial charge in [-0.05, 0) is 109 Å². The number of nitrogens with one attached hydrogen (secondary N) is 2. The van der Waals surface area contributed by atoms with Crippen LogP contribution < -0.4 is 44.4 Å². The third-order valence-electron chi connectivity index (χ3n) is 10.2. The van der Waals surface area contributed by atoms with Crippen molar-refractivity contribution in [3.8, 4) is 28.7 Å². The lowest BCUT2D eigenvalue weighted by Crippen LogP contribution is -2.46. The molecule has 0 atom stereocenters. The Kier molecular flexibility index (Phi) is 11.4. The molecule has 6 aromatic rings. The number of ether oxygens (including phenoxy) is 3. The first kappa shape index (κ1) is 37.6. The molecule has 0 aliphatic carbocycles. The molecule has 0 spiro atoms. The average Bonchev–Trinajstić information content (AvgIpc) is 3.26. The van der Waals surface area contributed by atoms with Gasteiger partial charge in [0.2, 0.25) is 0 Å². The molecule has 12 nitrogen and oxygen atoms in total. The maximum absolute atomic E-state index is 12.3. The van der Waals surface area contributed by atoms with Crippen LogP contribution in [0, 0.1) is 0 Å². The van der Waals surface area contributed by atoms with Gasteiger partial charge in [-0.25, -0.2) is 9.59 Å². The second-order valence-electron chi connectivity index (χ2n) is 13.9. The number of anilines is 6. The third kappa shape index (κ3) is 9.54. The Morgan fingerprint density at radius 3 is 1.21 bits per heavy atom. The van der Waals surface area contributed by atoms with Gasteiger partial charge in [0.25, 0.3) is 0 Å². The Labute approximate surface area is 337 Å². The number of hydrogen-bond donors (Lipinski definition) is 3. The van der Waals surface area contributed by atoms with Gasteiger partial charge in [-0.3, -0.25) is 10.6 Å². The monoisotopic (exact) mass is 776 g/mol. The lowest BCUT2D eigenvalue weighted by atomic mass is 10.2. The minimum absolute atomic E-state index is 0.0832. The summed E-state index contributed by atoms with van der Waals surface area (Å²) in [5.74, 6) is 2.11. The molecule has 0 saturated carbocycles. The Morgan fingerprint density at radius 2 is 0.793 bits per heavy atom. The van der Waals surface area contributed by atoms with Crippen LogP contribution in [0.5, 0.6) is 28.7 Å². The summed E-state index contributed by atoms with van der Waals surface area (Å²) >= 11 is 0. The molecule has 58 heavy (non-hydrogen) atoms. The standard InChI is InChI=1S/C46H44N6O6/c53-43-24-21-39(52-31-29-50(30-32-52)37-17-13-35(14-18-37)48-46(55)58-41-9-5-2-6-10-41)33-44(43)56-42-22-19-38(20-23-42)51-27-25-49(26-28-51)36-15-11-34(12-16-36)47-45(54)57-40-7-3-1-4-8-40/h1-24,33,53H,25-32H2,(H,47,54)(H,48,55). The molecule has 2 amide bonds. The number of aromatic hydroxyl groups is 1. The maximum atomic E-state index is 12.3. The van der Waals surface area contributed by atoms with Crippen LogP contribution in [-0.4, -0.2) is 69.7 Å². The van der Waals surface area contributed by atoms with Crippen LogP contribution in [0.25, 0.3) is 0 Å². The number of phenolic OH excluding ortho intramolecular Hbond substituents is 1. The quantitative estimate of drug-likeness (QED) is 0.124. The Morgan fingerprint density at radius 1 is 0.431 bits per heavy atom. The summed E-state index contributed by atoms with van der Waals surface area (Å²) in [4.78, 5) is 33.8. The highest BCUT2D eigenvalue weighted by atomic mass is 16.6. The van der Waals surface area contributed by atoms with Crippen molar-refractivity contribution in [2.24, 2.45) is 0 Å². The number of amides is 2. The number of para-hydroxylation sites is 2. The highest BCUT2D eigenvalue weighted by Gasteiger charge is 2.21. The number of benzene rings is 6. The Hall–Kier alpha value is -7.34. The van der Waals surface area contributed by atoms with Crippen LogP contribution in [-0.2, 0) is 0 Å². The zero-order chi connectivity index (χ0) is 39.7. The van der Waals surface area contributed by atoms with Crippen molar-refractivity contribution in [1.29, 1.82) is 0 Å². The summed E-state index contributed by atoms with van der Waals surface area (Å²) in [6, 6.07) is 47.0. The summed E-state index contributed by atoms with van der Waals surface area (Å²) in [5, 5.41) is 16.3. The summed E-state index contributed by atoms with van der Waals surface area (Å²) < 4.78 is 16.8. The normalized spacial score (nSPS) is 14.1. The lowest BCUT2D eigenvalue weighted by Gasteiger charge is -2.37. The first-order chi connectivity index (χ1) is 28.4. The zero-order valence-corrected chi connectivity index (χ0v) is 31.9. The molecule has 3 N–H and O–H groups in total. The summed E-state index contributed by atoms with van der Waals surface area (Å²) in [5.41, 5.74) is 5.59.